The summed E-state index contributed by atoms with van der Waals surface area (Å²) in [4.78, 5) is 0. The van der Waals surface area contributed by atoms with Crippen LogP contribution in [0, 0.1) is 5.21 Å². The fraction of sp³-hybridized carbons (Fsp3) is 0.462. The summed E-state index contributed by atoms with van der Waals surface area (Å²) in [7, 11) is 0. The van der Waals surface area contributed by atoms with Crippen LogP contribution in [-0.4, -0.2) is 22.1 Å². The van der Waals surface area contributed by atoms with Crippen LogP contribution in [0.1, 0.15) is 37.7 Å². The van der Waals surface area contributed by atoms with Gasteiger partial charge in [-0.2, -0.15) is 0 Å². The molecule has 0 aliphatic heterocycles. The van der Waals surface area contributed by atoms with Crippen LogP contribution in [0.15, 0.2) is 24.3 Å². The molecule has 1 aliphatic rings. The maximum Gasteiger partial charge on any atom is 0.185 e. The minimum absolute atomic E-state index is 0.0911. The molecule has 0 amide bonds. The van der Waals surface area contributed by atoms with Crippen LogP contribution in [0.2, 0.25) is 0 Å². The molecule has 0 heterocycles. The van der Waals surface area contributed by atoms with Crippen molar-refractivity contribution in [3.63, 3.8) is 0 Å². The fourth-order valence-corrected chi connectivity index (χ4v) is 2.17. The zero-order chi connectivity index (χ0) is 11.4. The van der Waals surface area contributed by atoms with Gasteiger partial charge in [-0.15, -0.1) is 0 Å². The molecule has 1 N–H and O–H groups in total. The number of para-hydroxylation sites is 1. The van der Waals surface area contributed by atoms with Crippen LogP contribution in [-0.2, 0) is 0 Å². The average molecular weight is 219 g/mol. The van der Waals surface area contributed by atoms with E-state index in [1.807, 2.05) is 6.07 Å². The molecule has 3 nitrogen and oxygen atoms in total. The van der Waals surface area contributed by atoms with Gasteiger partial charge in [0, 0.05) is 12.8 Å². The van der Waals surface area contributed by atoms with Crippen LogP contribution in [0.25, 0.3) is 0 Å². The van der Waals surface area contributed by atoms with Gasteiger partial charge >= 0.3 is 0 Å². The van der Waals surface area contributed by atoms with Crippen LogP contribution < -0.4 is 0 Å². The number of hydrogen-bond donors (Lipinski definition) is 1. The molecule has 1 fully saturated rings. The Hall–Kier alpha value is -1.51. The van der Waals surface area contributed by atoms with Crippen molar-refractivity contribution >= 4 is 6.21 Å². The minimum atomic E-state index is 0.0911. The van der Waals surface area contributed by atoms with E-state index in [-0.39, 0.29) is 11.8 Å². The monoisotopic (exact) mass is 219 g/mol. The molecular weight excluding hydrogens is 202 g/mol. The summed E-state index contributed by atoms with van der Waals surface area (Å²) in [5, 5.41) is 21.4. The molecule has 1 aromatic carbocycles. The third-order valence-electron chi connectivity index (χ3n) is 3.14. The molecule has 1 aromatic rings. The second-order valence-corrected chi connectivity index (χ2v) is 4.34. The Morgan fingerprint density at radius 1 is 1.19 bits per heavy atom. The van der Waals surface area contributed by atoms with Crippen molar-refractivity contribution in [3.05, 3.63) is 35.0 Å². The number of aromatic hydroxyl groups is 1. The van der Waals surface area contributed by atoms with Gasteiger partial charge in [-0.05, 0) is 25.0 Å². The highest BCUT2D eigenvalue weighted by molar-refractivity contribution is 5.79. The van der Waals surface area contributed by atoms with Gasteiger partial charge in [-0.25, -0.2) is 4.74 Å². The molecule has 0 spiro atoms. The highest BCUT2D eigenvalue weighted by Gasteiger charge is 2.19. The first-order valence-electron chi connectivity index (χ1n) is 5.86. The Kier molecular flexibility index (Phi) is 3.44. The number of nitrogens with zero attached hydrogens (tertiary/aromatic N) is 1. The first-order chi connectivity index (χ1) is 7.77. The first kappa shape index (κ1) is 11.0. The van der Waals surface area contributed by atoms with Crippen LogP contribution >= 0.6 is 0 Å². The number of benzene rings is 1. The first-order valence-corrected chi connectivity index (χ1v) is 5.86. The lowest BCUT2D eigenvalue weighted by molar-refractivity contribution is -0.500. The maximum atomic E-state index is 11.9. The van der Waals surface area contributed by atoms with E-state index in [9.17, 15) is 10.3 Å². The summed E-state index contributed by atoms with van der Waals surface area (Å²) in [5.74, 6) is 0.166. The molecule has 0 radical (unpaired) electrons. The van der Waals surface area contributed by atoms with E-state index in [1.54, 1.807) is 18.2 Å². The van der Waals surface area contributed by atoms with E-state index in [0.29, 0.717) is 5.56 Å². The van der Waals surface area contributed by atoms with Gasteiger partial charge in [0.1, 0.15) is 5.75 Å². The number of hydrogen-bond acceptors (Lipinski definition) is 2. The molecule has 1 aliphatic carbocycles. The van der Waals surface area contributed by atoms with E-state index in [2.05, 4.69) is 0 Å². The Balaban J connectivity index is 2.13. The lowest BCUT2D eigenvalue weighted by Gasteiger charge is -2.20. The number of hydroxylamine groups is 1. The smallest absolute Gasteiger partial charge is 0.185 e. The molecule has 16 heavy (non-hydrogen) atoms. The van der Waals surface area contributed by atoms with Crippen LogP contribution in [0.4, 0.5) is 0 Å². The lowest BCUT2D eigenvalue weighted by atomic mass is 9.96. The standard InChI is InChI=1S/C13H17NO2/c15-13-9-5-4-6-11(13)10-14(16)12-7-2-1-3-8-12/h4-6,9-10,12,15H,1-3,7-8H2/b14-10+. The van der Waals surface area contributed by atoms with Crippen molar-refractivity contribution in [2.24, 2.45) is 0 Å². The van der Waals surface area contributed by atoms with E-state index in [0.717, 1.165) is 30.4 Å². The van der Waals surface area contributed by atoms with Crippen LogP contribution in [0.3, 0.4) is 0 Å². The molecule has 3 heteroatoms. The predicted molar refractivity (Wildman–Crippen MR) is 63.8 cm³/mol. The Morgan fingerprint density at radius 3 is 2.56 bits per heavy atom. The molecule has 0 saturated heterocycles. The minimum Gasteiger partial charge on any atom is -0.624 e. The number of phenols is 1. The van der Waals surface area contributed by atoms with E-state index >= 15 is 0 Å². The zero-order valence-electron chi connectivity index (χ0n) is 9.30. The van der Waals surface area contributed by atoms with Crippen LogP contribution in [0.5, 0.6) is 5.75 Å². The van der Waals surface area contributed by atoms with Gasteiger partial charge in [-0.3, -0.25) is 0 Å². The van der Waals surface area contributed by atoms with Gasteiger partial charge in [0.15, 0.2) is 12.3 Å². The summed E-state index contributed by atoms with van der Waals surface area (Å²) in [5.41, 5.74) is 0.600. The predicted octanol–water partition coefficient (Wildman–Crippen LogP) is 2.65. The van der Waals surface area contributed by atoms with Crippen molar-refractivity contribution < 1.29 is 9.85 Å². The van der Waals surface area contributed by atoms with Crippen molar-refractivity contribution in [3.8, 4) is 5.75 Å². The van der Waals surface area contributed by atoms with Crippen molar-refractivity contribution in [2.75, 3.05) is 0 Å². The Morgan fingerprint density at radius 2 is 1.88 bits per heavy atom. The maximum absolute atomic E-state index is 11.9. The van der Waals surface area contributed by atoms with E-state index in [1.165, 1.54) is 12.6 Å². The molecule has 2 rings (SSSR count). The summed E-state index contributed by atoms with van der Waals surface area (Å²) in [6, 6.07) is 7.01. The molecule has 0 aromatic heterocycles. The van der Waals surface area contributed by atoms with Crippen molar-refractivity contribution in [1.29, 1.82) is 0 Å². The highest BCUT2D eigenvalue weighted by Crippen LogP contribution is 2.20. The third-order valence-corrected chi connectivity index (χ3v) is 3.14. The third kappa shape index (κ3) is 2.54. The summed E-state index contributed by atoms with van der Waals surface area (Å²) in [6.45, 7) is 0. The van der Waals surface area contributed by atoms with Gasteiger partial charge in [0.2, 0.25) is 0 Å². The number of phenolic OH excluding ortho intramolecular Hbond substituents is 1. The van der Waals surface area contributed by atoms with E-state index < -0.39 is 0 Å². The zero-order valence-corrected chi connectivity index (χ0v) is 9.30. The second-order valence-electron chi connectivity index (χ2n) is 4.34. The van der Waals surface area contributed by atoms with E-state index in [4.69, 9.17) is 0 Å². The number of rotatable bonds is 2. The van der Waals surface area contributed by atoms with Gasteiger partial charge in [-0.1, -0.05) is 18.6 Å². The molecular formula is C13H17NO2. The highest BCUT2D eigenvalue weighted by atomic mass is 16.5. The summed E-state index contributed by atoms with van der Waals surface area (Å²) in [6.07, 6.45) is 6.95. The Labute approximate surface area is 95.6 Å². The summed E-state index contributed by atoms with van der Waals surface area (Å²) < 4.78 is 1.01. The molecule has 1 saturated carbocycles. The lowest BCUT2D eigenvalue weighted by Crippen LogP contribution is -2.25. The molecule has 0 atom stereocenters. The quantitative estimate of drug-likeness (QED) is 0.360. The normalized spacial score (nSPS) is 18.6. The Bertz CT molecular complexity index is 381. The molecule has 86 valence electrons. The molecule has 0 bridgehead atoms. The largest absolute Gasteiger partial charge is 0.624 e. The van der Waals surface area contributed by atoms with Crippen molar-refractivity contribution in [1.82, 2.24) is 0 Å². The summed E-state index contributed by atoms with van der Waals surface area (Å²) >= 11 is 0. The average Bonchev–Trinajstić information content (AvgIpc) is 2.33. The fourth-order valence-electron chi connectivity index (χ4n) is 2.17. The van der Waals surface area contributed by atoms with Crippen molar-refractivity contribution in [2.45, 2.75) is 38.1 Å². The second kappa shape index (κ2) is 5.01. The van der Waals surface area contributed by atoms with Gasteiger partial charge in [0.05, 0.1) is 5.56 Å². The topological polar surface area (TPSA) is 46.3 Å². The molecule has 0 unspecified atom stereocenters. The van der Waals surface area contributed by atoms with Gasteiger partial charge in [0.25, 0.3) is 0 Å². The van der Waals surface area contributed by atoms with Gasteiger partial charge < -0.3 is 10.3 Å². The SMILES string of the molecule is [O-]/[N+](=C/c1ccccc1O)C1CCCCC1.